The molecule has 1 fully saturated rings. The van der Waals surface area contributed by atoms with Gasteiger partial charge in [0.1, 0.15) is 0 Å². The first-order chi connectivity index (χ1) is 8.37. The van der Waals surface area contributed by atoms with Gasteiger partial charge >= 0.3 is 0 Å². The van der Waals surface area contributed by atoms with Crippen LogP contribution >= 0.6 is 0 Å². The summed E-state index contributed by atoms with van der Waals surface area (Å²) in [6, 6.07) is 0.388. The first-order valence-corrected chi connectivity index (χ1v) is 6.63. The average molecular weight is 255 g/mol. The molecule has 0 aliphatic carbocycles. The molecule has 2 amide bonds. The lowest BCUT2D eigenvalue weighted by molar-refractivity contribution is -0.127. The summed E-state index contributed by atoms with van der Waals surface area (Å²) < 4.78 is 0. The number of carbonyl (C=O) groups is 2. The van der Waals surface area contributed by atoms with Crippen molar-refractivity contribution in [3.63, 3.8) is 0 Å². The van der Waals surface area contributed by atoms with E-state index in [0.717, 1.165) is 13.0 Å². The molecule has 3 N–H and O–H groups in total. The topological polar surface area (TPSA) is 70.2 Å². The first-order valence-electron chi connectivity index (χ1n) is 6.63. The van der Waals surface area contributed by atoms with Gasteiger partial charge in [0.05, 0.1) is 6.54 Å². The smallest absolute Gasteiger partial charge is 0.239 e. The van der Waals surface area contributed by atoms with Crippen molar-refractivity contribution in [2.75, 3.05) is 19.6 Å². The molecular weight excluding hydrogens is 230 g/mol. The number of hydrogen-bond acceptors (Lipinski definition) is 3. The van der Waals surface area contributed by atoms with Gasteiger partial charge in [-0.1, -0.05) is 20.8 Å². The molecule has 104 valence electrons. The van der Waals surface area contributed by atoms with E-state index in [1.54, 1.807) is 0 Å². The highest BCUT2D eigenvalue weighted by molar-refractivity contribution is 5.84. The van der Waals surface area contributed by atoms with Gasteiger partial charge in [-0.2, -0.15) is 0 Å². The molecule has 0 aromatic carbocycles. The Kier molecular flexibility index (Phi) is 5.59. The summed E-state index contributed by atoms with van der Waals surface area (Å²) in [5.74, 6) is -0.192. The van der Waals surface area contributed by atoms with Crippen LogP contribution in [0.15, 0.2) is 0 Å². The molecular formula is C13H25N3O2. The molecule has 1 unspecified atom stereocenters. The van der Waals surface area contributed by atoms with E-state index in [9.17, 15) is 9.59 Å². The lowest BCUT2D eigenvalue weighted by Crippen LogP contribution is -2.42. The SMILES string of the molecule is CC(C)(C)CC(=O)NCC(=O)NCC1CCCN1. The van der Waals surface area contributed by atoms with E-state index in [4.69, 9.17) is 0 Å². The van der Waals surface area contributed by atoms with Crippen molar-refractivity contribution in [1.82, 2.24) is 16.0 Å². The molecule has 0 spiro atoms. The fourth-order valence-corrected chi connectivity index (χ4v) is 1.95. The van der Waals surface area contributed by atoms with Crippen LogP contribution in [0.4, 0.5) is 0 Å². The van der Waals surface area contributed by atoms with E-state index in [1.807, 2.05) is 20.8 Å². The Morgan fingerprint density at radius 1 is 1.22 bits per heavy atom. The van der Waals surface area contributed by atoms with Crippen LogP contribution in [-0.4, -0.2) is 37.5 Å². The second kappa shape index (κ2) is 6.73. The quantitative estimate of drug-likeness (QED) is 0.666. The highest BCUT2D eigenvalue weighted by Gasteiger charge is 2.17. The third kappa shape index (κ3) is 6.59. The summed E-state index contributed by atoms with van der Waals surface area (Å²) in [5.41, 5.74) is -0.0473. The minimum absolute atomic E-state index is 0.0473. The Morgan fingerprint density at radius 2 is 1.94 bits per heavy atom. The van der Waals surface area contributed by atoms with Gasteiger partial charge in [0.15, 0.2) is 0 Å². The predicted octanol–water partition coefficient (Wildman–Crippen LogP) is 0.407. The maximum atomic E-state index is 11.5. The van der Waals surface area contributed by atoms with E-state index < -0.39 is 0 Å². The highest BCUT2D eigenvalue weighted by Crippen LogP contribution is 2.17. The van der Waals surface area contributed by atoms with Crippen LogP contribution < -0.4 is 16.0 Å². The molecule has 1 saturated heterocycles. The van der Waals surface area contributed by atoms with Gasteiger partial charge in [0.2, 0.25) is 11.8 Å². The van der Waals surface area contributed by atoms with Crippen molar-refractivity contribution in [2.45, 2.75) is 46.1 Å². The van der Waals surface area contributed by atoms with Gasteiger partial charge in [0.25, 0.3) is 0 Å². The van der Waals surface area contributed by atoms with Crippen molar-refractivity contribution in [3.8, 4) is 0 Å². The molecule has 5 heteroatoms. The van der Waals surface area contributed by atoms with Crippen LogP contribution in [0.2, 0.25) is 0 Å². The van der Waals surface area contributed by atoms with Gasteiger partial charge in [-0.3, -0.25) is 9.59 Å². The zero-order valence-corrected chi connectivity index (χ0v) is 11.6. The van der Waals surface area contributed by atoms with Crippen LogP contribution in [0.1, 0.15) is 40.0 Å². The van der Waals surface area contributed by atoms with Crippen LogP contribution in [0.5, 0.6) is 0 Å². The molecule has 0 aromatic rings. The Hall–Kier alpha value is -1.10. The first kappa shape index (κ1) is 15.0. The Morgan fingerprint density at radius 3 is 2.50 bits per heavy atom. The molecule has 1 aliphatic heterocycles. The highest BCUT2D eigenvalue weighted by atomic mass is 16.2. The second-order valence-corrected chi connectivity index (χ2v) is 6.11. The van der Waals surface area contributed by atoms with Crippen LogP contribution in [0.25, 0.3) is 0 Å². The molecule has 1 rings (SSSR count). The molecule has 0 bridgehead atoms. The van der Waals surface area contributed by atoms with E-state index in [1.165, 1.54) is 6.42 Å². The van der Waals surface area contributed by atoms with Crippen LogP contribution in [0.3, 0.4) is 0 Å². The standard InChI is InChI=1S/C13H25N3O2/c1-13(2,3)7-11(17)16-9-12(18)15-8-10-5-4-6-14-10/h10,14H,4-9H2,1-3H3,(H,15,18)(H,16,17). The normalized spacial score (nSPS) is 19.6. The number of carbonyl (C=O) groups excluding carboxylic acids is 2. The molecule has 1 heterocycles. The van der Waals surface area contributed by atoms with Gasteiger partial charge in [-0.15, -0.1) is 0 Å². The summed E-state index contributed by atoms with van der Waals surface area (Å²) in [6.07, 6.45) is 2.71. The second-order valence-electron chi connectivity index (χ2n) is 6.11. The van der Waals surface area contributed by atoms with Gasteiger partial charge in [-0.25, -0.2) is 0 Å². The summed E-state index contributed by atoms with van der Waals surface area (Å²) in [4.78, 5) is 23.0. The third-order valence-electron chi connectivity index (χ3n) is 2.85. The number of rotatable bonds is 5. The number of hydrogen-bond donors (Lipinski definition) is 3. The van der Waals surface area contributed by atoms with Crippen molar-refractivity contribution >= 4 is 11.8 Å². The minimum Gasteiger partial charge on any atom is -0.353 e. The fourth-order valence-electron chi connectivity index (χ4n) is 1.95. The molecule has 0 saturated carbocycles. The monoisotopic (exact) mass is 255 g/mol. The minimum atomic E-state index is -0.119. The zero-order chi connectivity index (χ0) is 13.6. The maximum Gasteiger partial charge on any atom is 0.239 e. The predicted molar refractivity (Wildman–Crippen MR) is 71.1 cm³/mol. The van der Waals surface area contributed by atoms with Gasteiger partial charge in [-0.05, 0) is 24.8 Å². The fraction of sp³-hybridized carbons (Fsp3) is 0.846. The zero-order valence-electron chi connectivity index (χ0n) is 11.6. The summed E-state index contributed by atoms with van der Waals surface area (Å²) in [5, 5.41) is 8.78. The Balaban J connectivity index is 2.10. The molecule has 0 aromatic heterocycles. The summed E-state index contributed by atoms with van der Waals surface area (Å²) >= 11 is 0. The maximum absolute atomic E-state index is 11.5. The van der Waals surface area contributed by atoms with Crippen molar-refractivity contribution < 1.29 is 9.59 Å². The van der Waals surface area contributed by atoms with Crippen LogP contribution in [0, 0.1) is 5.41 Å². The van der Waals surface area contributed by atoms with E-state index in [0.29, 0.717) is 19.0 Å². The van der Waals surface area contributed by atoms with Gasteiger partial charge in [0, 0.05) is 19.0 Å². The lowest BCUT2D eigenvalue weighted by Gasteiger charge is -2.17. The van der Waals surface area contributed by atoms with Gasteiger partial charge < -0.3 is 16.0 Å². The molecule has 5 nitrogen and oxygen atoms in total. The molecule has 0 radical (unpaired) electrons. The van der Waals surface area contributed by atoms with Crippen LogP contribution in [-0.2, 0) is 9.59 Å². The third-order valence-corrected chi connectivity index (χ3v) is 2.85. The molecule has 18 heavy (non-hydrogen) atoms. The largest absolute Gasteiger partial charge is 0.353 e. The molecule has 1 atom stereocenters. The number of amides is 2. The van der Waals surface area contributed by atoms with Crippen molar-refractivity contribution in [3.05, 3.63) is 0 Å². The summed E-state index contributed by atoms with van der Waals surface area (Å²) in [7, 11) is 0. The average Bonchev–Trinajstić information content (AvgIpc) is 2.74. The van der Waals surface area contributed by atoms with E-state index in [-0.39, 0.29) is 23.8 Å². The molecule has 1 aliphatic rings. The number of nitrogens with one attached hydrogen (secondary N) is 3. The van der Waals surface area contributed by atoms with E-state index >= 15 is 0 Å². The lowest BCUT2D eigenvalue weighted by atomic mass is 9.92. The summed E-state index contributed by atoms with van der Waals surface area (Å²) in [6.45, 7) is 7.74. The van der Waals surface area contributed by atoms with Crippen molar-refractivity contribution in [2.24, 2.45) is 5.41 Å². The Bertz CT molecular complexity index is 291. The van der Waals surface area contributed by atoms with E-state index in [2.05, 4.69) is 16.0 Å². The van der Waals surface area contributed by atoms with Crippen molar-refractivity contribution in [1.29, 1.82) is 0 Å². The Labute approximate surface area is 109 Å².